The summed E-state index contributed by atoms with van der Waals surface area (Å²) in [5, 5.41) is 12.5. The molecule has 0 radical (unpaired) electrons. The zero-order chi connectivity index (χ0) is 19.6. The van der Waals surface area contributed by atoms with Gasteiger partial charge in [0.2, 0.25) is 0 Å². The van der Waals surface area contributed by atoms with Crippen molar-refractivity contribution in [1.29, 1.82) is 0 Å². The van der Waals surface area contributed by atoms with Crippen molar-refractivity contribution in [3.8, 4) is 11.5 Å². The molecule has 0 aromatic heterocycles. The van der Waals surface area contributed by atoms with Crippen LogP contribution in [0.25, 0.3) is 0 Å². The number of hydrogen-bond acceptors (Lipinski definition) is 4. The van der Waals surface area contributed by atoms with E-state index in [1.807, 2.05) is 18.2 Å². The summed E-state index contributed by atoms with van der Waals surface area (Å²) in [5.41, 5.74) is 2.83. The second kappa shape index (κ2) is 8.16. The lowest BCUT2D eigenvalue weighted by Crippen LogP contribution is -2.34. The smallest absolute Gasteiger partial charge is 0.321 e. The number of ether oxygens (including phenoxy) is 2. The van der Waals surface area contributed by atoms with Crippen LogP contribution >= 0.6 is 0 Å². The summed E-state index contributed by atoms with van der Waals surface area (Å²) in [6, 6.07) is 5.32. The van der Waals surface area contributed by atoms with Crippen LogP contribution in [0.1, 0.15) is 62.8 Å². The van der Waals surface area contributed by atoms with Gasteiger partial charge in [-0.15, -0.1) is 0 Å². The third-order valence-electron chi connectivity index (χ3n) is 6.80. The van der Waals surface area contributed by atoms with Crippen molar-refractivity contribution in [3.63, 3.8) is 0 Å². The van der Waals surface area contributed by atoms with E-state index in [-0.39, 0.29) is 5.92 Å². The maximum Gasteiger partial charge on any atom is 0.321 e. The number of allylic oxidation sites excluding steroid dienone is 1. The van der Waals surface area contributed by atoms with Crippen LogP contribution < -0.4 is 14.8 Å². The van der Waals surface area contributed by atoms with Gasteiger partial charge in [-0.3, -0.25) is 4.79 Å². The minimum Gasteiger partial charge on any atom is -0.493 e. The SMILES string of the molecule is COc1cc(C2CCNC2C(=O)O)ccc1OCC1=CC2(CCCC2)CCC1. The number of benzene rings is 1. The first-order valence-electron chi connectivity index (χ1n) is 10.6. The lowest BCUT2D eigenvalue weighted by molar-refractivity contribution is -0.139. The van der Waals surface area contributed by atoms with E-state index in [0.29, 0.717) is 17.8 Å². The van der Waals surface area contributed by atoms with Crippen LogP contribution in [0, 0.1) is 5.41 Å². The Morgan fingerprint density at radius 3 is 2.75 bits per heavy atom. The molecule has 152 valence electrons. The van der Waals surface area contributed by atoms with Crippen LogP contribution in [0.15, 0.2) is 29.8 Å². The molecule has 1 spiro atoms. The molecule has 1 saturated heterocycles. The average Bonchev–Trinajstić information content (AvgIpc) is 3.36. The Hall–Kier alpha value is -2.01. The minimum absolute atomic E-state index is 0.0382. The number of carboxylic acids is 1. The number of hydrogen-bond donors (Lipinski definition) is 2. The highest BCUT2D eigenvalue weighted by molar-refractivity contribution is 5.75. The van der Waals surface area contributed by atoms with Gasteiger partial charge in [0.15, 0.2) is 11.5 Å². The van der Waals surface area contributed by atoms with Gasteiger partial charge in [0.05, 0.1) is 7.11 Å². The maximum atomic E-state index is 11.5. The predicted molar refractivity (Wildman–Crippen MR) is 108 cm³/mol. The fourth-order valence-electron chi connectivity index (χ4n) is 5.36. The lowest BCUT2D eigenvalue weighted by Gasteiger charge is -2.31. The molecule has 2 N–H and O–H groups in total. The molecular formula is C23H31NO4. The van der Waals surface area contributed by atoms with Gasteiger partial charge in [0.1, 0.15) is 12.6 Å². The number of carboxylic acid groups (broad SMARTS) is 1. The molecule has 4 rings (SSSR count). The first-order valence-corrected chi connectivity index (χ1v) is 10.6. The summed E-state index contributed by atoms with van der Waals surface area (Å²) in [4.78, 5) is 11.5. The quantitative estimate of drug-likeness (QED) is 0.716. The van der Waals surface area contributed by atoms with Crippen LogP contribution in [0.5, 0.6) is 11.5 Å². The highest BCUT2D eigenvalue weighted by atomic mass is 16.5. The van der Waals surface area contributed by atoms with Crippen molar-refractivity contribution in [3.05, 3.63) is 35.4 Å². The van der Waals surface area contributed by atoms with Gasteiger partial charge in [0, 0.05) is 5.92 Å². The predicted octanol–water partition coefficient (Wildman–Crippen LogP) is 4.27. The van der Waals surface area contributed by atoms with E-state index < -0.39 is 12.0 Å². The Morgan fingerprint density at radius 1 is 1.21 bits per heavy atom. The fourth-order valence-corrected chi connectivity index (χ4v) is 5.36. The first kappa shape index (κ1) is 19.3. The molecule has 1 heterocycles. The van der Waals surface area contributed by atoms with E-state index in [4.69, 9.17) is 9.47 Å². The van der Waals surface area contributed by atoms with Crippen molar-refractivity contribution >= 4 is 5.97 Å². The number of carbonyl (C=O) groups is 1. The molecule has 0 bridgehead atoms. The van der Waals surface area contributed by atoms with Crippen molar-refractivity contribution in [2.24, 2.45) is 5.41 Å². The molecule has 1 aromatic carbocycles. The molecule has 3 aliphatic rings. The highest BCUT2D eigenvalue weighted by Gasteiger charge is 2.35. The molecular weight excluding hydrogens is 354 g/mol. The Morgan fingerprint density at radius 2 is 2.00 bits per heavy atom. The van der Waals surface area contributed by atoms with Gasteiger partial charge in [-0.05, 0) is 73.8 Å². The molecule has 2 aliphatic carbocycles. The number of nitrogens with one attached hydrogen (secondary N) is 1. The minimum atomic E-state index is -0.799. The fraction of sp³-hybridized carbons (Fsp3) is 0.609. The summed E-state index contributed by atoms with van der Waals surface area (Å²) in [7, 11) is 1.64. The molecule has 5 nitrogen and oxygen atoms in total. The van der Waals surface area contributed by atoms with Gasteiger partial charge in [-0.2, -0.15) is 0 Å². The monoisotopic (exact) mass is 385 g/mol. The van der Waals surface area contributed by atoms with Gasteiger partial charge >= 0.3 is 5.97 Å². The molecule has 2 fully saturated rings. The van der Waals surface area contributed by atoms with Crippen LogP contribution in [-0.4, -0.2) is 37.4 Å². The zero-order valence-electron chi connectivity index (χ0n) is 16.7. The largest absolute Gasteiger partial charge is 0.493 e. The normalized spacial score (nSPS) is 26.2. The zero-order valence-corrected chi connectivity index (χ0v) is 16.7. The third kappa shape index (κ3) is 3.90. The second-order valence-corrected chi connectivity index (χ2v) is 8.59. The van der Waals surface area contributed by atoms with E-state index in [9.17, 15) is 9.90 Å². The topological polar surface area (TPSA) is 67.8 Å². The summed E-state index contributed by atoms with van der Waals surface area (Å²) in [6.07, 6.45) is 12.4. The average molecular weight is 386 g/mol. The third-order valence-corrected chi connectivity index (χ3v) is 6.80. The second-order valence-electron chi connectivity index (χ2n) is 8.59. The van der Waals surface area contributed by atoms with Crippen molar-refractivity contribution < 1.29 is 19.4 Å². The molecule has 1 aromatic rings. The number of aliphatic carboxylic acids is 1. The van der Waals surface area contributed by atoms with Crippen LogP contribution in [0.2, 0.25) is 0 Å². The summed E-state index contributed by atoms with van der Waals surface area (Å²) < 4.78 is 11.7. The van der Waals surface area contributed by atoms with Crippen LogP contribution in [-0.2, 0) is 4.79 Å². The molecule has 2 unspecified atom stereocenters. The maximum absolute atomic E-state index is 11.5. The molecule has 0 amide bonds. The van der Waals surface area contributed by atoms with Gasteiger partial charge in [-0.25, -0.2) is 0 Å². The standard InChI is InChI=1S/C23H31NO4/c1-27-20-13-17(18-8-12-24-21(18)22(25)26)6-7-19(20)28-15-16-5-4-11-23(14-16)9-2-3-10-23/h6-7,13-14,18,21,24H,2-5,8-12,15H2,1H3,(H,25,26). The van der Waals surface area contributed by atoms with Crippen LogP contribution in [0.3, 0.4) is 0 Å². The van der Waals surface area contributed by atoms with Crippen LogP contribution in [0.4, 0.5) is 0 Å². The van der Waals surface area contributed by atoms with Gasteiger partial charge < -0.3 is 19.9 Å². The molecule has 28 heavy (non-hydrogen) atoms. The first-order chi connectivity index (χ1) is 13.6. The summed E-state index contributed by atoms with van der Waals surface area (Å²) >= 11 is 0. The number of rotatable bonds is 6. The van der Waals surface area contributed by atoms with E-state index in [0.717, 1.165) is 30.7 Å². The highest BCUT2D eigenvalue weighted by Crippen LogP contribution is 2.47. The van der Waals surface area contributed by atoms with Gasteiger partial charge in [-0.1, -0.05) is 25.0 Å². The van der Waals surface area contributed by atoms with Crippen molar-refractivity contribution in [2.45, 2.75) is 63.3 Å². The Balaban J connectivity index is 1.46. The lowest BCUT2D eigenvalue weighted by atomic mass is 9.75. The molecule has 5 heteroatoms. The summed E-state index contributed by atoms with van der Waals surface area (Å²) in [5.74, 6) is 0.576. The van der Waals surface area contributed by atoms with E-state index in [1.165, 1.54) is 44.1 Å². The van der Waals surface area contributed by atoms with Crippen molar-refractivity contribution in [1.82, 2.24) is 5.32 Å². The Bertz CT molecular complexity index is 751. The number of methoxy groups -OCH3 is 1. The summed E-state index contributed by atoms with van der Waals surface area (Å²) in [6.45, 7) is 1.33. The Labute approximate surface area is 167 Å². The van der Waals surface area contributed by atoms with Gasteiger partial charge in [0.25, 0.3) is 0 Å². The molecule has 1 saturated carbocycles. The molecule has 1 aliphatic heterocycles. The Kier molecular flexibility index (Phi) is 5.63. The van der Waals surface area contributed by atoms with Crippen molar-refractivity contribution in [2.75, 3.05) is 20.3 Å². The van der Waals surface area contributed by atoms with E-state index in [1.54, 1.807) is 7.11 Å². The van der Waals surface area contributed by atoms with E-state index in [2.05, 4.69) is 11.4 Å². The molecule has 2 atom stereocenters. The van der Waals surface area contributed by atoms with E-state index >= 15 is 0 Å².